The zero-order valence-corrected chi connectivity index (χ0v) is 14.9. The van der Waals surface area contributed by atoms with Crippen LogP contribution < -0.4 is 0 Å². The highest BCUT2D eigenvalue weighted by atomic mass is 16.5. The van der Waals surface area contributed by atoms with Crippen molar-refractivity contribution < 1.29 is 14.3 Å². The maximum Gasteiger partial charge on any atom is 0.307 e. The SMILES string of the molecule is CCCCC(=O)N(CCCN(CC)CC)CCC(=O)OCC. The van der Waals surface area contributed by atoms with Crippen molar-refractivity contribution in [1.29, 1.82) is 0 Å². The highest BCUT2D eigenvalue weighted by molar-refractivity contribution is 5.77. The Kier molecular flexibility index (Phi) is 12.9. The van der Waals surface area contributed by atoms with E-state index in [1.165, 1.54) is 0 Å². The van der Waals surface area contributed by atoms with E-state index < -0.39 is 0 Å². The molecular formula is C17H34N2O3. The second-order valence-electron chi connectivity index (χ2n) is 5.42. The number of ether oxygens (including phenoxy) is 1. The number of carbonyl (C=O) groups excluding carboxylic acids is 2. The van der Waals surface area contributed by atoms with E-state index in [9.17, 15) is 9.59 Å². The molecule has 0 radical (unpaired) electrons. The minimum Gasteiger partial charge on any atom is -0.466 e. The van der Waals surface area contributed by atoms with E-state index in [2.05, 4.69) is 25.7 Å². The van der Waals surface area contributed by atoms with Gasteiger partial charge in [0.05, 0.1) is 13.0 Å². The maximum absolute atomic E-state index is 12.2. The molecule has 22 heavy (non-hydrogen) atoms. The number of amides is 1. The fourth-order valence-corrected chi connectivity index (χ4v) is 2.33. The van der Waals surface area contributed by atoms with Gasteiger partial charge in [0.15, 0.2) is 0 Å². The lowest BCUT2D eigenvalue weighted by Crippen LogP contribution is -2.36. The monoisotopic (exact) mass is 314 g/mol. The summed E-state index contributed by atoms with van der Waals surface area (Å²) in [5.74, 6) is -0.0646. The van der Waals surface area contributed by atoms with Crippen molar-refractivity contribution in [3.63, 3.8) is 0 Å². The van der Waals surface area contributed by atoms with Crippen molar-refractivity contribution in [3.05, 3.63) is 0 Å². The van der Waals surface area contributed by atoms with Gasteiger partial charge in [-0.2, -0.15) is 0 Å². The molecule has 0 saturated carbocycles. The topological polar surface area (TPSA) is 49.9 Å². The maximum atomic E-state index is 12.2. The van der Waals surface area contributed by atoms with Gasteiger partial charge in [0, 0.05) is 19.5 Å². The molecule has 0 unspecified atom stereocenters. The van der Waals surface area contributed by atoms with E-state index in [4.69, 9.17) is 4.74 Å². The Bertz CT molecular complexity index is 304. The molecule has 0 fully saturated rings. The minimum atomic E-state index is -0.223. The lowest BCUT2D eigenvalue weighted by molar-refractivity contribution is -0.144. The third kappa shape index (κ3) is 9.77. The van der Waals surface area contributed by atoms with Crippen LogP contribution in [0.1, 0.15) is 59.8 Å². The third-order valence-corrected chi connectivity index (χ3v) is 3.78. The fourth-order valence-electron chi connectivity index (χ4n) is 2.33. The van der Waals surface area contributed by atoms with Gasteiger partial charge in [0.1, 0.15) is 0 Å². The summed E-state index contributed by atoms with van der Waals surface area (Å²) in [7, 11) is 0. The van der Waals surface area contributed by atoms with Gasteiger partial charge in [-0.05, 0) is 39.4 Å². The second kappa shape index (κ2) is 13.6. The molecule has 5 heteroatoms. The summed E-state index contributed by atoms with van der Waals surface area (Å²) >= 11 is 0. The van der Waals surface area contributed by atoms with Gasteiger partial charge in [-0.25, -0.2) is 0 Å². The van der Waals surface area contributed by atoms with E-state index in [1.807, 2.05) is 4.90 Å². The zero-order chi connectivity index (χ0) is 16.8. The van der Waals surface area contributed by atoms with E-state index in [-0.39, 0.29) is 18.3 Å². The second-order valence-corrected chi connectivity index (χ2v) is 5.42. The Balaban J connectivity index is 4.32. The zero-order valence-electron chi connectivity index (χ0n) is 14.9. The number of nitrogens with zero attached hydrogens (tertiary/aromatic N) is 2. The number of unbranched alkanes of at least 4 members (excludes halogenated alkanes) is 1. The average molecular weight is 314 g/mol. The van der Waals surface area contributed by atoms with Crippen LogP contribution in [0.4, 0.5) is 0 Å². The summed E-state index contributed by atoms with van der Waals surface area (Å²) in [6.07, 6.45) is 3.73. The molecule has 0 rings (SSSR count). The first-order chi connectivity index (χ1) is 10.6. The molecule has 5 nitrogen and oxygen atoms in total. The van der Waals surface area contributed by atoms with Gasteiger partial charge in [0.25, 0.3) is 0 Å². The summed E-state index contributed by atoms with van der Waals surface area (Å²) in [5, 5.41) is 0. The van der Waals surface area contributed by atoms with Crippen LogP contribution >= 0.6 is 0 Å². The predicted molar refractivity (Wildman–Crippen MR) is 89.8 cm³/mol. The molecule has 130 valence electrons. The van der Waals surface area contributed by atoms with Crippen molar-refractivity contribution >= 4 is 11.9 Å². The minimum absolute atomic E-state index is 0.158. The van der Waals surface area contributed by atoms with Crippen LogP contribution in [0, 0.1) is 0 Å². The average Bonchev–Trinajstić information content (AvgIpc) is 2.52. The number of esters is 1. The Hall–Kier alpha value is -1.10. The summed E-state index contributed by atoms with van der Waals surface area (Å²) in [5.41, 5.74) is 0. The normalized spacial score (nSPS) is 10.8. The lowest BCUT2D eigenvalue weighted by Gasteiger charge is -2.24. The van der Waals surface area contributed by atoms with E-state index in [0.29, 0.717) is 19.6 Å². The van der Waals surface area contributed by atoms with Gasteiger partial charge >= 0.3 is 5.97 Å². The molecule has 0 bridgehead atoms. The lowest BCUT2D eigenvalue weighted by atomic mass is 10.2. The van der Waals surface area contributed by atoms with Crippen LogP contribution in [0.15, 0.2) is 0 Å². The third-order valence-electron chi connectivity index (χ3n) is 3.78. The summed E-state index contributed by atoms with van der Waals surface area (Å²) < 4.78 is 4.95. The molecule has 0 atom stereocenters. The van der Waals surface area contributed by atoms with E-state index in [0.717, 1.165) is 45.4 Å². The first-order valence-electron chi connectivity index (χ1n) is 8.74. The largest absolute Gasteiger partial charge is 0.466 e. The molecule has 0 aromatic carbocycles. The summed E-state index contributed by atoms with van der Waals surface area (Å²) in [6.45, 7) is 12.8. The van der Waals surface area contributed by atoms with Crippen molar-refractivity contribution in [2.45, 2.75) is 59.8 Å². The molecule has 0 aromatic heterocycles. The fraction of sp³-hybridized carbons (Fsp3) is 0.882. The first-order valence-corrected chi connectivity index (χ1v) is 8.74. The Morgan fingerprint density at radius 2 is 1.55 bits per heavy atom. The summed E-state index contributed by atoms with van der Waals surface area (Å²) in [6, 6.07) is 0. The number of hydrogen-bond acceptors (Lipinski definition) is 4. The van der Waals surface area contributed by atoms with Crippen LogP contribution in [-0.4, -0.2) is 61.0 Å². The molecule has 1 amide bonds. The van der Waals surface area contributed by atoms with Crippen molar-refractivity contribution in [2.24, 2.45) is 0 Å². The quantitative estimate of drug-likeness (QED) is 0.490. The highest BCUT2D eigenvalue weighted by Crippen LogP contribution is 2.05. The molecule has 0 aliphatic heterocycles. The highest BCUT2D eigenvalue weighted by Gasteiger charge is 2.15. The van der Waals surface area contributed by atoms with E-state index in [1.54, 1.807) is 6.92 Å². The Labute approximate surface area is 136 Å². The van der Waals surface area contributed by atoms with Crippen molar-refractivity contribution in [2.75, 3.05) is 39.3 Å². The van der Waals surface area contributed by atoms with Crippen molar-refractivity contribution in [1.82, 2.24) is 9.80 Å². The van der Waals surface area contributed by atoms with Crippen LogP contribution in [0.3, 0.4) is 0 Å². The molecular weight excluding hydrogens is 280 g/mol. The van der Waals surface area contributed by atoms with Gasteiger partial charge in [-0.1, -0.05) is 27.2 Å². The van der Waals surface area contributed by atoms with Crippen LogP contribution in [0.25, 0.3) is 0 Å². The standard InChI is InChI=1S/C17H34N2O3/c1-5-9-11-16(20)19(15-12-17(21)22-8-4)14-10-13-18(6-2)7-3/h5-15H2,1-4H3. The number of carbonyl (C=O) groups is 2. The molecule has 0 heterocycles. The van der Waals surface area contributed by atoms with Gasteiger partial charge in [-0.15, -0.1) is 0 Å². The first kappa shape index (κ1) is 20.9. The number of rotatable bonds is 13. The van der Waals surface area contributed by atoms with Crippen LogP contribution in [0.5, 0.6) is 0 Å². The van der Waals surface area contributed by atoms with Gasteiger partial charge < -0.3 is 14.5 Å². The van der Waals surface area contributed by atoms with E-state index >= 15 is 0 Å². The van der Waals surface area contributed by atoms with Gasteiger partial charge in [-0.3, -0.25) is 9.59 Å². The number of hydrogen-bond donors (Lipinski definition) is 0. The molecule has 0 N–H and O–H groups in total. The smallest absolute Gasteiger partial charge is 0.307 e. The Morgan fingerprint density at radius 1 is 0.864 bits per heavy atom. The molecule has 0 aliphatic carbocycles. The molecule has 0 saturated heterocycles. The summed E-state index contributed by atoms with van der Waals surface area (Å²) in [4.78, 5) is 27.9. The Morgan fingerprint density at radius 3 is 2.09 bits per heavy atom. The molecule has 0 aromatic rings. The van der Waals surface area contributed by atoms with Crippen LogP contribution in [-0.2, 0) is 14.3 Å². The van der Waals surface area contributed by atoms with Crippen molar-refractivity contribution in [3.8, 4) is 0 Å². The molecule has 0 aliphatic rings. The van der Waals surface area contributed by atoms with Gasteiger partial charge in [0.2, 0.25) is 5.91 Å². The van der Waals surface area contributed by atoms with Crippen LogP contribution in [0.2, 0.25) is 0 Å². The molecule has 0 spiro atoms. The predicted octanol–water partition coefficient (Wildman–Crippen LogP) is 2.69.